The average molecular weight is 355 g/mol. The fourth-order valence-corrected chi connectivity index (χ4v) is 3.15. The maximum atomic E-state index is 12.6. The van der Waals surface area contributed by atoms with Crippen molar-refractivity contribution in [2.24, 2.45) is 0 Å². The van der Waals surface area contributed by atoms with Crippen LogP contribution in [0.15, 0.2) is 36.4 Å². The Labute approximate surface area is 154 Å². The highest BCUT2D eigenvalue weighted by Crippen LogP contribution is 2.30. The first-order valence-electron chi connectivity index (χ1n) is 8.87. The van der Waals surface area contributed by atoms with Crippen LogP contribution in [0.3, 0.4) is 0 Å². The molecular weight excluding hydrogens is 330 g/mol. The fourth-order valence-electron chi connectivity index (χ4n) is 3.15. The maximum Gasteiger partial charge on any atom is 0.270 e. The summed E-state index contributed by atoms with van der Waals surface area (Å²) in [5.74, 6) is 1.98. The number of anilines is 1. The van der Waals surface area contributed by atoms with Crippen LogP contribution in [-0.4, -0.2) is 38.2 Å². The lowest BCUT2D eigenvalue weighted by molar-refractivity contribution is 0.0935. The Morgan fingerprint density at radius 2 is 1.85 bits per heavy atom. The Morgan fingerprint density at radius 1 is 1.12 bits per heavy atom. The number of hydrogen-bond donors (Lipinski definition) is 1. The summed E-state index contributed by atoms with van der Waals surface area (Å²) in [5, 5.41) is 3.00. The fraction of sp³-hybridized carbons (Fsp3) is 0.400. The molecule has 1 amide bonds. The van der Waals surface area contributed by atoms with Gasteiger partial charge in [-0.1, -0.05) is 12.1 Å². The molecule has 1 aromatic heterocycles. The molecule has 6 heteroatoms. The van der Waals surface area contributed by atoms with E-state index in [2.05, 4.69) is 15.2 Å². The van der Waals surface area contributed by atoms with Crippen molar-refractivity contribution in [2.45, 2.75) is 25.8 Å². The molecular formula is C20H25N3O3. The van der Waals surface area contributed by atoms with Crippen molar-refractivity contribution in [2.75, 3.05) is 32.2 Å². The number of nitrogens with zero attached hydrogens (tertiary/aromatic N) is 2. The summed E-state index contributed by atoms with van der Waals surface area (Å²) < 4.78 is 10.6. The number of hydrogen-bond acceptors (Lipinski definition) is 5. The van der Waals surface area contributed by atoms with E-state index in [1.165, 1.54) is 12.8 Å². The van der Waals surface area contributed by atoms with Crippen LogP contribution in [-0.2, 0) is 0 Å². The molecule has 1 aromatic carbocycles. The zero-order chi connectivity index (χ0) is 18.5. The molecule has 1 atom stereocenters. The summed E-state index contributed by atoms with van der Waals surface area (Å²) in [6.07, 6.45) is 2.35. The first-order chi connectivity index (χ1) is 12.6. The highest BCUT2D eigenvalue weighted by atomic mass is 16.5. The highest BCUT2D eigenvalue weighted by molar-refractivity contribution is 5.92. The molecule has 0 radical (unpaired) electrons. The van der Waals surface area contributed by atoms with Crippen LogP contribution < -0.4 is 19.7 Å². The maximum absolute atomic E-state index is 12.6. The number of benzene rings is 1. The number of carbonyl (C=O) groups excluding carboxylic acids is 1. The lowest BCUT2D eigenvalue weighted by Gasteiger charge is -2.18. The Kier molecular flexibility index (Phi) is 5.61. The number of carbonyl (C=O) groups is 1. The van der Waals surface area contributed by atoms with Crippen LogP contribution in [0.5, 0.6) is 11.5 Å². The van der Waals surface area contributed by atoms with E-state index in [-0.39, 0.29) is 11.9 Å². The van der Waals surface area contributed by atoms with Crippen molar-refractivity contribution in [1.29, 1.82) is 0 Å². The molecule has 26 heavy (non-hydrogen) atoms. The van der Waals surface area contributed by atoms with Crippen LogP contribution in [0, 0.1) is 0 Å². The minimum atomic E-state index is -0.187. The van der Waals surface area contributed by atoms with Gasteiger partial charge in [-0.25, -0.2) is 4.98 Å². The molecule has 1 aliphatic heterocycles. The lowest BCUT2D eigenvalue weighted by Crippen LogP contribution is -2.28. The topological polar surface area (TPSA) is 63.7 Å². The molecule has 2 aromatic rings. The number of pyridine rings is 1. The minimum Gasteiger partial charge on any atom is -0.493 e. The molecule has 1 saturated heterocycles. The number of aromatic nitrogens is 1. The highest BCUT2D eigenvalue weighted by Gasteiger charge is 2.18. The Morgan fingerprint density at radius 3 is 2.54 bits per heavy atom. The van der Waals surface area contributed by atoms with Crippen LogP contribution in [0.2, 0.25) is 0 Å². The van der Waals surface area contributed by atoms with Gasteiger partial charge < -0.3 is 19.7 Å². The van der Waals surface area contributed by atoms with Crippen molar-refractivity contribution >= 4 is 11.7 Å². The van der Waals surface area contributed by atoms with E-state index in [1.807, 2.05) is 37.3 Å². The van der Waals surface area contributed by atoms with Crippen molar-refractivity contribution in [3.63, 3.8) is 0 Å². The zero-order valence-electron chi connectivity index (χ0n) is 15.5. The summed E-state index contributed by atoms with van der Waals surface area (Å²) in [4.78, 5) is 19.4. The van der Waals surface area contributed by atoms with Crippen LogP contribution in [0.4, 0.5) is 5.82 Å². The second kappa shape index (κ2) is 8.08. The van der Waals surface area contributed by atoms with E-state index in [1.54, 1.807) is 20.3 Å². The quantitative estimate of drug-likeness (QED) is 0.862. The van der Waals surface area contributed by atoms with Gasteiger partial charge in [-0.3, -0.25) is 4.79 Å². The number of methoxy groups -OCH3 is 2. The summed E-state index contributed by atoms with van der Waals surface area (Å²) in [5.41, 5.74) is 1.37. The molecule has 3 rings (SSSR count). The van der Waals surface area contributed by atoms with Crippen molar-refractivity contribution in [3.8, 4) is 11.5 Å². The van der Waals surface area contributed by atoms with Gasteiger partial charge in [0.2, 0.25) is 0 Å². The smallest absolute Gasteiger partial charge is 0.270 e. The van der Waals surface area contributed by atoms with Crippen molar-refractivity contribution in [3.05, 3.63) is 47.7 Å². The van der Waals surface area contributed by atoms with Gasteiger partial charge in [0.15, 0.2) is 11.5 Å². The third-order valence-corrected chi connectivity index (χ3v) is 4.65. The number of nitrogens with one attached hydrogen (secondary N) is 1. The normalized spacial score (nSPS) is 14.8. The lowest BCUT2D eigenvalue weighted by atomic mass is 10.1. The third-order valence-electron chi connectivity index (χ3n) is 4.65. The monoisotopic (exact) mass is 355 g/mol. The van der Waals surface area contributed by atoms with Gasteiger partial charge in [0.1, 0.15) is 11.5 Å². The first kappa shape index (κ1) is 18.0. The molecule has 6 nitrogen and oxygen atoms in total. The SMILES string of the molecule is COc1ccc(C(C)NC(=O)c2cccc(N3CCCC3)n2)cc1OC. The van der Waals surface area contributed by atoms with Gasteiger partial charge in [-0.2, -0.15) is 0 Å². The van der Waals surface area contributed by atoms with Crippen molar-refractivity contribution in [1.82, 2.24) is 10.3 Å². The van der Waals surface area contributed by atoms with Crippen LogP contribution in [0.1, 0.15) is 41.9 Å². The van der Waals surface area contributed by atoms with E-state index in [0.29, 0.717) is 17.2 Å². The predicted octanol–water partition coefficient (Wildman–Crippen LogP) is 3.19. The zero-order valence-corrected chi connectivity index (χ0v) is 15.5. The molecule has 1 aliphatic rings. The number of amides is 1. The molecule has 0 spiro atoms. The molecule has 0 bridgehead atoms. The Balaban J connectivity index is 1.72. The van der Waals surface area contributed by atoms with Gasteiger partial charge in [0.25, 0.3) is 5.91 Å². The van der Waals surface area contributed by atoms with E-state index < -0.39 is 0 Å². The standard InChI is InChI=1S/C20H25N3O3/c1-14(15-9-10-17(25-2)18(13-15)26-3)21-20(24)16-7-6-8-19(22-16)23-11-4-5-12-23/h6-10,13-14H,4-5,11-12H2,1-3H3,(H,21,24). The van der Waals surface area contributed by atoms with Gasteiger partial charge >= 0.3 is 0 Å². The van der Waals surface area contributed by atoms with Gasteiger partial charge in [0.05, 0.1) is 20.3 Å². The number of ether oxygens (including phenoxy) is 2. The van der Waals surface area contributed by atoms with Gasteiger partial charge in [-0.05, 0) is 49.6 Å². The van der Waals surface area contributed by atoms with Crippen LogP contribution in [0.25, 0.3) is 0 Å². The van der Waals surface area contributed by atoms with Crippen molar-refractivity contribution < 1.29 is 14.3 Å². The average Bonchev–Trinajstić information content (AvgIpc) is 3.22. The van der Waals surface area contributed by atoms with E-state index in [9.17, 15) is 4.79 Å². The Bertz CT molecular complexity index is 773. The van der Waals surface area contributed by atoms with E-state index in [4.69, 9.17) is 9.47 Å². The van der Waals surface area contributed by atoms with Crippen LogP contribution >= 0.6 is 0 Å². The molecule has 1 unspecified atom stereocenters. The third kappa shape index (κ3) is 3.90. The summed E-state index contributed by atoms with van der Waals surface area (Å²) in [6, 6.07) is 11.0. The largest absolute Gasteiger partial charge is 0.493 e. The second-order valence-corrected chi connectivity index (χ2v) is 6.38. The number of rotatable bonds is 6. The molecule has 0 aliphatic carbocycles. The molecule has 0 saturated carbocycles. The molecule has 2 heterocycles. The summed E-state index contributed by atoms with van der Waals surface area (Å²) in [6.45, 7) is 3.93. The molecule has 138 valence electrons. The van der Waals surface area contributed by atoms with Gasteiger partial charge in [0, 0.05) is 13.1 Å². The van der Waals surface area contributed by atoms with E-state index in [0.717, 1.165) is 24.5 Å². The van der Waals surface area contributed by atoms with E-state index >= 15 is 0 Å². The molecule has 1 N–H and O–H groups in total. The Hall–Kier alpha value is -2.76. The second-order valence-electron chi connectivity index (χ2n) is 6.38. The minimum absolute atomic E-state index is 0.181. The summed E-state index contributed by atoms with van der Waals surface area (Å²) in [7, 11) is 3.19. The summed E-state index contributed by atoms with van der Waals surface area (Å²) >= 11 is 0. The first-order valence-corrected chi connectivity index (χ1v) is 8.87. The molecule has 1 fully saturated rings. The van der Waals surface area contributed by atoms with Gasteiger partial charge in [-0.15, -0.1) is 0 Å². The predicted molar refractivity (Wildman–Crippen MR) is 101 cm³/mol.